The fraction of sp³-hybridized carbons (Fsp3) is 0.628. The number of benzene rings is 1. The molecule has 0 nitrogen and oxygen atoms in total. The molecular formula is C43H60. The van der Waals surface area contributed by atoms with E-state index in [1.54, 1.807) is 11.1 Å². The third-order valence-corrected chi connectivity index (χ3v) is 12.6. The molecule has 232 valence electrons. The monoisotopic (exact) mass is 576 g/mol. The first-order valence-electron chi connectivity index (χ1n) is 18.1. The summed E-state index contributed by atoms with van der Waals surface area (Å²) in [6.45, 7) is 18.7. The van der Waals surface area contributed by atoms with E-state index in [0.29, 0.717) is 29.6 Å². The minimum Gasteiger partial charge on any atom is -0.103 e. The molecule has 0 heteroatoms. The highest BCUT2D eigenvalue weighted by atomic mass is 14.6. The van der Waals surface area contributed by atoms with Crippen LogP contribution in [0.25, 0.3) is 0 Å². The van der Waals surface area contributed by atoms with E-state index in [1.165, 1.54) is 75.4 Å². The lowest BCUT2D eigenvalue weighted by molar-refractivity contribution is 0.108. The van der Waals surface area contributed by atoms with E-state index in [1.807, 2.05) is 0 Å². The molecule has 0 aromatic heterocycles. The maximum absolute atomic E-state index is 4.29. The van der Waals surface area contributed by atoms with Crippen molar-refractivity contribution >= 4 is 0 Å². The predicted molar refractivity (Wildman–Crippen MR) is 186 cm³/mol. The first kappa shape index (κ1) is 30.9. The molecule has 1 aromatic rings. The molecule has 5 aliphatic rings. The molecule has 0 amide bonds. The van der Waals surface area contributed by atoms with Crippen molar-refractivity contribution in [2.45, 2.75) is 124 Å². The molecule has 0 spiro atoms. The highest BCUT2D eigenvalue weighted by Crippen LogP contribution is 2.64. The molecule has 0 saturated heterocycles. The summed E-state index contributed by atoms with van der Waals surface area (Å²) in [4.78, 5) is 0. The number of rotatable bonds is 7. The topological polar surface area (TPSA) is 0 Å². The van der Waals surface area contributed by atoms with Crippen LogP contribution in [0.4, 0.5) is 0 Å². The van der Waals surface area contributed by atoms with Gasteiger partial charge in [-0.1, -0.05) is 140 Å². The van der Waals surface area contributed by atoms with Crippen LogP contribution in [-0.2, 0) is 5.41 Å². The average Bonchev–Trinajstić information content (AvgIpc) is 3.65. The molecule has 3 fully saturated rings. The Kier molecular flexibility index (Phi) is 8.65. The van der Waals surface area contributed by atoms with Gasteiger partial charge in [-0.2, -0.15) is 0 Å². The van der Waals surface area contributed by atoms with Gasteiger partial charge < -0.3 is 0 Å². The van der Waals surface area contributed by atoms with Gasteiger partial charge in [-0.05, 0) is 113 Å². The maximum Gasteiger partial charge on any atom is 0.00241 e. The van der Waals surface area contributed by atoms with E-state index in [-0.39, 0.29) is 16.2 Å². The fourth-order valence-corrected chi connectivity index (χ4v) is 10.3. The Hall–Kier alpha value is -2.08. The van der Waals surface area contributed by atoms with Crippen LogP contribution in [-0.4, -0.2) is 0 Å². The van der Waals surface area contributed by atoms with Crippen molar-refractivity contribution in [2.24, 2.45) is 46.3 Å². The lowest BCUT2D eigenvalue weighted by Gasteiger charge is -2.50. The van der Waals surface area contributed by atoms with Gasteiger partial charge in [0, 0.05) is 5.41 Å². The molecule has 1 aromatic carbocycles. The highest BCUT2D eigenvalue weighted by molar-refractivity contribution is 5.43. The molecule has 0 bridgehead atoms. The Labute approximate surface area is 264 Å². The summed E-state index contributed by atoms with van der Waals surface area (Å²) in [5, 5.41) is 0. The smallest absolute Gasteiger partial charge is 0.00241 e. The first-order chi connectivity index (χ1) is 20.5. The zero-order valence-electron chi connectivity index (χ0n) is 28.4. The molecule has 0 heterocycles. The summed E-state index contributed by atoms with van der Waals surface area (Å²) in [6.07, 6.45) is 32.9. The fourth-order valence-electron chi connectivity index (χ4n) is 10.3. The molecule has 0 radical (unpaired) electrons. The van der Waals surface area contributed by atoms with Crippen LogP contribution in [0.1, 0.15) is 129 Å². The van der Waals surface area contributed by atoms with Crippen molar-refractivity contribution in [3.63, 3.8) is 0 Å². The van der Waals surface area contributed by atoms with Crippen LogP contribution in [0.3, 0.4) is 0 Å². The van der Waals surface area contributed by atoms with Crippen LogP contribution >= 0.6 is 0 Å². The lowest BCUT2D eigenvalue weighted by atomic mass is 9.53. The van der Waals surface area contributed by atoms with E-state index in [4.69, 9.17) is 0 Å². The maximum atomic E-state index is 4.29. The second-order valence-electron chi connectivity index (χ2n) is 17.1. The van der Waals surface area contributed by atoms with Crippen LogP contribution in [0.15, 0.2) is 84.5 Å². The van der Waals surface area contributed by atoms with Crippen molar-refractivity contribution < 1.29 is 0 Å². The quantitative estimate of drug-likeness (QED) is 0.283. The second-order valence-corrected chi connectivity index (χ2v) is 17.1. The highest BCUT2D eigenvalue weighted by Gasteiger charge is 2.59. The Morgan fingerprint density at radius 1 is 0.674 bits per heavy atom. The molecule has 0 aliphatic heterocycles. The Morgan fingerprint density at radius 3 is 1.67 bits per heavy atom. The van der Waals surface area contributed by atoms with E-state index < -0.39 is 0 Å². The molecule has 43 heavy (non-hydrogen) atoms. The summed E-state index contributed by atoms with van der Waals surface area (Å²) in [5.41, 5.74) is 6.82. The van der Waals surface area contributed by atoms with E-state index in [2.05, 4.69) is 115 Å². The molecule has 5 atom stereocenters. The number of hydrogen-bond acceptors (Lipinski definition) is 0. The average molecular weight is 577 g/mol. The van der Waals surface area contributed by atoms with Gasteiger partial charge in [0.25, 0.3) is 0 Å². The summed E-state index contributed by atoms with van der Waals surface area (Å²) < 4.78 is 0. The zero-order chi connectivity index (χ0) is 30.4. The summed E-state index contributed by atoms with van der Waals surface area (Å²) in [7, 11) is 0. The third-order valence-electron chi connectivity index (χ3n) is 12.6. The van der Waals surface area contributed by atoms with Gasteiger partial charge in [0.05, 0.1) is 0 Å². The van der Waals surface area contributed by atoms with Crippen LogP contribution in [0.2, 0.25) is 0 Å². The standard InChI is InChI=1S/C43H60/c1-8-9-27-43(32-17-13-14-18-32,33-21-19-31(20-22-33)30-15-11-10-12-16-30)40-38-28-34(41(2,3)4)23-25-36(38)37-26-24-35(29-39(37)40)42(5,6)7/h8,19-26,28-30,32,36-40H,1,9-18,27H2,2-7H3. The Morgan fingerprint density at radius 2 is 1.19 bits per heavy atom. The normalized spacial score (nSPS) is 31.3. The van der Waals surface area contributed by atoms with Crippen LogP contribution in [0, 0.1) is 46.3 Å². The van der Waals surface area contributed by atoms with Gasteiger partial charge in [-0.3, -0.25) is 0 Å². The minimum absolute atomic E-state index is 0.160. The van der Waals surface area contributed by atoms with Gasteiger partial charge in [0.2, 0.25) is 0 Å². The molecule has 3 saturated carbocycles. The molecule has 5 aliphatic carbocycles. The first-order valence-corrected chi connectivity index (χ1v) is 18.1. The largest absolute Gasteiger partial charge is 0.103 e. The molecular weight excluding hydrogens is 516 g/mol. The van der Waals surface area contributed by atoms with Crippen molar-refractivity contribution in [3.05, 3.63) is 95.6 Å². The summed E-state index contributed by atoms with van der Waals surface area (Å²) in [6, 6.07) is 10.4. The summed E-state index contributed by atoms with van der Waals surface area (Å²) in [5.74, 6) is 4.40. The molecule has 0 N–H and O–H groups in total. The van der Waals surface area contributed by atoms with Gasteiger partial charge in [-0.15, -0.1) is 6.58 Å². The number of hydrogen-bond donors (Lipinski definition) is 0. The molecule has 6 rings (SSSR count). The van der Waals surface area contributed by atoms with Crippen molar-refractivity contribution in [3.8, 4) is 0 Å². The van der Waals surface area contributed by atoms with Gasteiger partial charge in [-0.25, -0.2) is 0 Å². The van der Waals surface area contributed by atoms with Gasteiger partial charge in [0.1, 0.15) is 0 Å². The van der Waals surface area contributed by atoms with E-state index >= 15 is 0 Å². The van der Waals surface area contributed by atoms with Crippen LogP contribution in [0.5, 0.6) is 0 Å². The number of allylic oxidation sites excluding steroid dienone is 9. The van der Waals surface area contributed by atoms with Gasteiger partial charge in [0.15, 0.2) is 0 Å². The van der Waals surface area contributed by atoms with Crippen molar-refractivity contribution in [1.29, 1.82) is 0 Å². The third kappa shape index (κ3) is 5.75. The van der Waals surface area contributed by atoms with Gasteiger partial charge >= 0.3 is 0 Å². The van der Waals surface area contributed by atoms with E-state index in [9.17, 15) is 0 Å². The zero-order valence-corrected chi connectivity index (χ0v) is 28.4. The van der Waals surface area contributed by atoms with Crippen LogP contribution < -0.4 is 0 Å². The minimum atomic E-state index is 0.160. The SMILES string of the molecule is C=CCCC(c1ccc(C2CCCCC2)cc1)(C1CCCC1)C1C2C=C(C(C)(C)C)C=CC2C2C=CC(C(C)(C)C)=CC21. The Bertz CT molecular complexity index is 1200. The second kappa shape index (κ2) is 12.0. The molecule has 5 unspecified atom stereocenters. The van der Waals surface area contributed by atoms with Crippen molar-refractivity contribution in [2.75, 3.05) is 0 Å². The summed E-state index contributed by atoms with van der Waals surface area (Å²) >= 11 is 0. The predicted octanol–water partition coefficient (Wildman–Crippen LogP) is 12.3. The van der Waals surface area contributed by atoms with E-state index in [0.717, 1.165) is 18.3 Å². The Balaban J connectivity index is 1.54. The lowest BCUT2D eigenvalue weighted by Crippen LogP contribution is -2.46. The van der Waals surface area contributed by atoms with Crippen molar-refractivity contribution in [1.82, 2.24) is 0 Å². The number of fused-ring (bicyclic) bond motifs is 3.